The molecule has 1 N–H and O–H groups in total. The lowest BCUT2D eigenvalue weighted by atomic mass is 10.2. The third-order valence-corrected chi connectivity index (χ3v) is 6.53. The highest BCUT2D eigenvalue weighted by Crippen LogP contribution is 2.22. The number of rotatable bonds is 5. The Morgan fingerprint density at radius 2 is 1.86 bits per heavy atom. The zero-order chi connectivity index (χ0) is 20.5. The molecule has 1 saturated heterocycles. The first-order valence-corrected chi connectivity index (χ1v) is 10.7. The molecule has 7 nitrogen and oxygen atoms in total. The summed E-state index contributed by atoms with van der Waals surface area (Å²) in [6.45, 7) is 8.29. The molecule has 0 aliphatic carbocycles. The van der Waals surface area contributed by atoms with E-state index >= 15 is 0 Å². The predicted molar refractivity (Wildman–Crippen MR) is 105 cm³/mol. The quantitative estimate of drug-likeness (QED) is 0.825. The van der Waals surface area contributed by atoms with Gasteiger partial charge in [0, 0.05) is 30.8 Å². The predicted octanol–water partition coefficient (Wildman–Crippen LogP) is 2.62. The summed E-state index contributed by atoms with van der Waals surface area (Å²) in [5.41, 5.74) is 1.19. The highest BCUT2D eigenvalue weighted by Gasteiger charge is 2.32. The molecule has 0 saturated carbocycles. The Morgan fingerprint density at radius 1 is 1.18 bits per heavy atom. The molecule has 2 heterocycles. The molecule has 0 bridgehead atoms. The first-order valence-electron chi connectivity index (χ1n) is 9.26. The number of sulfonamides is 1. The minimum absolute atomic E-state index is 0.108. The van der Waals surface area contributed by atoms with Gasteiger partial charge in [-0.2, -0.15) is 4.31 Å². The van der Waals surface area contributed by atoms with Crippen molar-refractivity contribution in [3.8, 4) is 0 Å². The van der Waals surface area contributed by atoms with Crippen molar-refractivity contribution in [2.75, 3.05) is 13.1 Å². The van der Waals surface area contributed by atoms with Crippen LogP contribution in [0.25, 0.3) is 0 Å². The minimum Gasteiger partial charge on any atom is -0.466 e. The van der Waals surface area contributed by atoms with Crippen LogP contribution in [-0.4, -0.2) is 43.9 Å². The Morgan fingerprint density at radius 3 is 2.46 bits per heavy atom. The number of furan rings is 1. The average Bonchev–Trinajstić information content (AvgIpc) is 2.96. The Kier molecular flexibility index (Phi) is 5.92. The SMILES string of the molecule is Cc1cc(CNC(=O)c2cccc(S(=O)(=O)N3CC(C)OC(C)C3)c2)c(C)o1. The second kappa shape index (κ2) is 8.06. The van der Waals surface area contributed by atoms with E-state index in [1.807, 2.05) is 33.8 Å². The molecule has 8 heteroatoms. The van der Waals surface area contributed by atoms with Gasteiger partial charge in [-0.25, -0.2) is 8.42 Å². The van der Waals surface area contributed by atoms with Crippen LogP contribution in [0.15, 0.2) is 39.6 Å². The molecule has 1 aromatic heterocycles. The number of benzene rings is 1. The van der Waals surface area contributed by atoms with E-state index < -0.39 is 10.0 Å². The lowest BCUT2D eigenvalue weighted by Crippen LogP contribution is -2.48. The molecule has 152 valence electrons. The molecular formula is C20H26N2O5S. The van der Waals surface area contributed by atoms with Gasteiger partial charge >= 0.3 is 0 Å². The first-order chi connectivity index (χ1) is 13.2. The van der Waals surface area contributed by atoms with Crippen LogP contribution in [0.1, 0.15) is 41.3 Å². The van der Waals surface area contributed by atoms with Crippen molar-refractivity contribution in [2.45, 2.75) is 51.3 Å². The molecule has 1 aliphatic heterocycles. The van der Waals surface area contributed by atoms with E-state index in [1.54, 1.807) is 12.1 Å². The van der Waals surface area contributed by atoms with Crippen LogP contribution in [0.5, 0.6) is 0 Å². The maximum absolute atomic E-state index is 13.0. The zero-order valence-corrected chi connectivity index (χ0v) is 17.4. The third kappa shape index (κ3) is 4.45. The number of hydrogen-bond acceptors (Lipinski definition) is 5. The number of nitrogens with zero attached hydrogens (tertiary/aromatic N) is 1. The van der Waals surface area contributed by atoms with Crippen LogP contribution in [0, 0.1) is 13.8 Å². The van der Waals surface area contributed by atoms with E-state index in [0.717, 1.165) is 17.1 Å². The normalized spacial score (nSPS) is 20.9. The van der Waals surface area contributed by atoms with Crippen LogP contribution in [0.3, 0.4) is 0 Å². The standard InChI is InChI=1S/C20H26N2O5S/c1-13-8-18(16(4)27-13)10-21-20(23)17-6-5-7-19(9-17)28(24,25)22-11-14(2)26-15(3)12-22/h5-9,14-15H,10-12H2,1-4H3,(H,21,23). The van der Waals surface area contributed by atoms with E-state index in [2.05, 4.69) is 5.32 Å². The highest BCUT2D eigenvalue weighted by molar-refractivity contribution is 7.89. The first kappa shape index (κ1) is 20.6. The largest absolute Gasteiger partial charge is 0.466 e. The van der Waals surface area contributed by atoms with Crippen LogP contribution in [-0.2, 0) is 21.3 Å². The maximum atomic E-state index is 13.0. The van der Waals surface area contributed by atoms with E-state index in [4.69, 9.17) is 9.15 Å². The second-order valence-corrected chi connectivity index (χ2v) is 9.17. The molecule has 0 radical (unpaired) electrons. The van der Waals surface area contributed by atoms with Gasteiger partial charge in [-0.15, -0.1) is 0 Å². The smallest absolute Gasteiger partial charge is 0.251 e. The molecule has 1 aromatic carbocycles. The fourth-order valence-electron chi connectivity index (χ4n) is 3.41. The highest BCUT2D eigenvalue weighted by atomic mass is 32.2. The van der Waals surface area contributed by atoms with Gasteiger partial charge in [0.2, 0.25) is 10.0 Å². The van der Waals surface area contributed by atoms with E-state index in [9.17, 15) is 13.2 Å². The summed E-state index contributed by atoms with van der Waals surface area (Å²) >= 11 is 0. The lowest BCUT2D eigenvalue weighted by molar-refractivity contribution is -0.0440. The number of morpholine rings is 1. The Labute approximate surface area is 165 Å². The Hall–Kier alpha value is -2.16. The van der Waals surface area contributed by atoms with Crippen LogP contribution in [0.4, 0.5) is 0 Å². The van der Waals surface area contributed by atoms with Crippen molar-refractivity contribution in [1.82, 2.24) is 9.62 Å². The summed E-state index contributed by atoms with van der Waals surface area (Å²) in [5, 5.41) is 2.81. The topological polar surface area (TPSA) is 88.9 Å². The van der Waals surface area contributed by atoms with Gasteiger partial charge in [0.1, 0.15) is 11.5 Å². The van der Waals surface area contributed by atoms with Crippen molar-refractivity contribution < 1.29 is 22.4 Å². The Bertz CT molecular complexity index is 957. The number of hydrogen-bond donors (Lipinski definition) is 1. The molecule has 2 aromatic rings. The van der Waals surface area contributed by atoms with Gasteiger partial charge in [-0.1, -0.05) is 6.07 Å². The summed E-state index contributed by atoms with van der Waals surface area (Å²) in [6, 6.07) is 8.00. The number of carbonyl (C=O) groups is 1. The maximum Gasteiger partial charge on any atom is 0.251 e. The number of aryl methyl sites for hydroxylation is 2. The van der Waals surface area contributed by atoms with Gasteiger partial charge in [-0.3, -0.25) is 4.79 Å². The van der Waals surface area contributed by atoms with Crippen LogP contribution >= 0.6 is 0 Å². The fraction of sp³-hybridized carbons (Fsp3) is 0.450. The molecule has 28 heavy (non-hydrogen) atoms. The fourth-order valence-corrected chi connectivity index (χ4v) is 5.05. The van der Waals surface area contributed by atoms with Crippen molar-refractivity contribution in [3.63, 3.8) is 0 Å². The zero-order valence-electron chi connectivity index (χ0n) is 16.6. The summed E-state index contributed by atoms with van der Waals surface area (Å²) in [7, 11) is -3.70. The molecule has 2 unspecified atom stereocenters. The van der Waals surface area contributed by atoms with E-state index in [1.165, 1.54) is 16.4 Å². The second-order valence-electron chi connectivity index (χ2n) is 7.23. The van der Waals surface area contributed by atoms with E-state index in [0.29, 0.717) is 25.2 Å². The van der Waals surface area contributed by atoms with Crippen molar-refractivity contribution in [3.05, 3.63) is 53.0 Å². The monoisotopic (exact) mass is 406 g/mol. The van der Waals surface area contributed by atoms with Crippen molar-refractivity contribution >= 4 is 15.9 Å². The van der Waals surface area contributed by atoms with Gasteiger partial charge in [0.05, 0.1) is 17.1 Å². The van der Waals surface area contributed by atoms with Gasteiger partial charge in [0.15, 0.2) is 0 Å². The third-order valence-electron chi connectivity index (χ3n) is 4.70. The van der Waals surface area contributed by atoms with Crippen molar-refractivity contribution in [2.24, 2.45) is 0 Å². The number of nitrogens with one attached hydrogen (secondary N) is 1. The molecule has 1 amide bonds. The van der Waals surface area contributed by atoms with Crippen molar-refractivity contribution in [1.29, 1.82) is 0 Å². The summed E-state index contributed by atoms with van der Waals surface area (Å²) in [4.78, 5) is 12.6. The number of ether oxygens (including phenoxy) is 1. The molecular weight excluding hydrogens is 380 g/mol. The molecule has 1 aliphatic rings. The van der Waals surface area contributed by atoms with Gasteiger partial charge in [0.25, 0.3) is 5.91 Å². The van der Waals surface area contributed by atoms with Crippen LogP contribution < -0.4 is 5.32 Å². The molecule has 1 fully saturated rings. The Balaban J connectivity index is 1.75. The number of carbonyl (C=O) groups excluding carboxylic acids is 1. The summed E-state index contributed by atoms with van der Waals surface area (Å²) < 4.78 is 38.5. The van der Waals surface area contributed by atoms with Gasteiger partial charge < -0.3 is 14.5 Å². The van der Waals surface area contributed by atoms with Crippen LogP contribution in [0.2, 0.25) is 0 Å². The molecule has 0 spiro atoms. The number of amides is 1. The van der Waals surface area contributed by atoms with E-state index in [-0.39, 0.29) is 23.0 Å². The summed E-state index contributed by atoms with van der Waals surface area (Å²) in [5.74, 6) is 1.20. The molecule has 2 atom stereocenters. The van der Waals surface area contributed by atoms with Gasteiger partial charge in [-0.05, 0) is 52.0 Å². The minimum atomic E-state index is -3.70. The molecule has 3 rings (SSSR count). The lowest BCUT2D eigenvalue weighted by Gasteiger charge is -2.34. The average molecular weight is 407 g/mol. The summed E-state index contributed by atoms with van der Waals surface area (Å²) in [6.07, 6.45) is -0.349.